The van der Waals surface area contributed by atoms with Crippen molar-refractivity contribution in [1.29, 1.82) is 0 Å². The van der Waals surface area contributed by atoms with Gasteiger partial charge >= 0.3 is 6.18 Å². The predicted molar refractivity (Wildman–Crippen MR) is 81.6 cm³/mol. The van der Waals surface area contributed by atoms with Gasteiger partial charge in [0.25, 0.3) is 10.0 Å². The Morgan fingerprint density at radius 1 is 0.920 bits per heavy atom. The number of hydrogen-bond donors (Lipinski definition) is 0. The summed E-state index contributed by atoms with van der Waals surface area (Å²) in [5, 5.41) is 0. The number of halogens is 4. The second-order valence-corrected chi connectivity index (χ2v) is 6.97. The largest absolute Gasteiger partial charge is 0.416 e. The van der Waals surface area contributed by atoms with Crippen molar-refractivity contribution < 1.29 is 26.0 Å². The van der Waals surface area contributed by atoms with Gasteiger partial charge in [-0.2, -0.15) is 13.2 Å². The van der Waals surface area contributed by atoms with Crippen molar-refractivity contribution in [2.45, 2.75) is 11.1 Å². The maximum atomic E-state index is 12.9. The summed E-state index contributed by atoms with van der Waals surface area (Å²) in [6.45, 7) is 0. The first-order valence-corrected chi connectivity index (χ1v) is 8.35. The lowest BCUT2D eigenvalue weighted by atomic mass is 10.1. The first-order valence-electron chi connectivity index (χ1n) is 6.91. The summed E-state index contributed by atoms with van der Waals surface area (Å²) in [4.78, 5) is 3.78. The molecular weight excluding hydrogens is 360 g/mol. The van der Waals surface area contributed by atoms with Crippen LogP contribution >= 0.6 is 0 Å². The summed E-state index contributed by atoms with van der Waals surface area (Å²) < 4.78 is 76.3. The van der Waals surface area contributed by atoms with Crippen LogP contribution in [0.25, 0.3) is 11.3 Å². The van der Waals surface area contributed by atoms with Crippen molar-refractivity contribution >= 4 is 10.0 Å². The molecule has 2 aromatic carbocycles. The molecule has 130 valence electrons. The zero-order valence-electron chi connectivity index (χ0n) is 12.4. The maximum Gasteiger partial charge on any atom is 0.416 e. The van der Waals surface area contributed by atoms with E-state index < -0.39 is 27.6 Å². The molecule has 1 heterocycles. The third-order valence-electron chi connectivity index (χ3n) is 3.46. The van der Waals surface area contributed by atoms with Crippen LogP contribution in [0.5, 0.6) is 0 Å². The highest BCUT2D eigenvalue weighted by Crippen LogP contribution is 2.30. The molecule has 0 unspecified atom stereocenters. The standard InChI is InChI=1S/C16H10F4N2O2S/c17-13-5-7-14(8-6-13)25(23,24)22-9-15(21-10-22)11-1-3-12(4-2-11)16(18,19)20/h1-10H. The van der Waals surface area contributed by atoms with E-state index in [0.717, 1.165) is 46.7 Å². The topological polar surface area (TPSA) is 52.0 Å². The van der Waals surface area contributed by atoms with Crippen LogP contribution in [-0.4, -0.2) is 17.4 Å². The Morgan fingerprint density at radius 2 is 1.52 bits per heavy atom. The molecule has 0 fully saturated rings. The van der Waals surface area contributed by atoms with E-state index >= 15 is 0 Å². The van der Waals surface area contributed by atoms with Crippen LogP contribution in [0.2, 0.25) is 0 Å². The second-order valence-electron chi connectivity index (χ2n) is 5.12. The van der Waals surface area contributed by atoms with Gasteiger partial charge in [-0.15, -0.1) is 0 Å². The highest BCUT2D eigenvalue weighted by Gasteiger charge is 2.30. The van der Waals surface area contributed by atoms with E-state index in [1.807, 2.05) is 0 Å². The van der Waals surface area contributed by atoms with Gasteiger partial charge in [0.05, 0.1) is 16.2 Å². The van der Waals surface area contributed by atoms with Crippen molar-refractivity contribution in [3.8, 4) is 11.3 Å². The van der Waals surface area contributed by atoms with E-state index in [4.69, 9.17) is 0 Å². The number of aromatic nitrogens is 2. The van der Waals surface area contributed by atoms with Crippen molar-refractivity contribution in [3.05, 3.63) is 72.4 Å². The molecule has 4 nitrogen and oxygen atoms in total. The molecule has 3 rings (SSSR count). The summed E-state index contributed by atoms with van der Waals surface area (Å²) in [5.74, 6) is -0.574. The Kier molecular flexibility index (Phi) is 4.11. The normalized spacial score (nSPS) is 12.3. The highest BCUT2D eigenvalue weighted by atomic mass is 32.2. The summed E-state index contributed by atoms with van der Waals surface area (Å²) in [7, 11) is -3.97. The number of imidazole rings is 1. The number of alkyl halides is 3. The zero-order chi connectivity index (χ0) is 18.2. The lowest BCUT2D eigenvalue weighted by molar-refractivity contribution is -0.137. The molecule has 9 heteroatoms. The molecule has 0 amide bonds. The Bertz CT molecular complexity index is 992. The van der Waals surface area contributed by atoms with E-state index in [0.29, 0.717) is 5.56 Å². The van der Waals surface area contributed by atoms with Gasteiger partial charge in [0, 0.05) is 11.8 Å². The van der Waals surface area contributed by atoms with Crippen LogP contribution in [0.1, 0.15) is 5.56 Å². The highest BCUT2D eigenvalue weighted by molar-refractivity contribution is 7.90. The second kappa shape index (κ2) is 5.99. The maximum absolute atomic E-state index is 12.9. The van der Waals surface area contributed by atoms with Crippen molar-refractivity contribution in [2.75, 3.05) is 0 Å². The third-order valence-corrected chi connectivity index (χ3v) is 5.08. The summed E-state index contributed by atoms with van der Waals surface area (Å²) in [6.07, 6.45) is -2.24. The molecule has 0 aliphatic heterocycles. The number of hydrogen-bond acceptors (Lipinski definition) is 3. The third kappa shape index (κ3) is 3.41. The lowest BCUT2D eigenvalue weighted by Crippen LogP contribution is -2.10. The SMILES string of the molecule is O=S(=O)(c1ccc(F)cc1)n1cnc(-c2ccc(C(F)(F)F)cc2)c1. The van der Waals surface area contributed by atoms with Gasteiger partial charge < -0.3 is 0 Å². The predicted octanol–water partition coefficient (Wildman–Crippen LogP) is 3.95. The van der Waals surface area contributed by atoms with Crippen LogP contribution in [0.15, 0.2) is 66.0 Å². The Balaban J connectivity index is 1.93. The Morgan fingerprint density at radius 3 is 2.08 bits per heavy atom. The molecule has 25 heavy (non-hydrogen) atoms. The minimum absolute atomic E-state index is 0.134. The zero-order valence-corrected chi connectivity index (χ0v) is 13.2. The number of nitrogens with zero attached hydrogens (tertiary/aromatic N) is 2. The van der Waals surface area contributed by atoms with Gasteiger partial charge in [0.15, 0.2) is 0 Å². The van der Waals surface area contributed by atoms with Gasteiger partial charge in [-0.3, -0.25) is 0 Å². The van der Waals surface area contributed by atoms with Crippen molar-refractivity contribution in [3.63, 3.8) is 0 Å². The average Bonchev–Trinajstić information content (AvgIpc) is 3.05. The van der Waals surface area contributed by atoms with Crippen LogP contribution in [0.4, 0.5) is 17.6 Å². The van der Waals surface area contributed by atoms with E-state index in [-0.39, 0.29) is 10.6 Å². The fraction of sp³-hybridized carbons (Fsp3) is 0.0625. The van der Waals surface area contributed by atoms with Crippen LogP contribution < -0.4 is 0 Å². The monoisotopic (exact) mass is 370 g/mol. The quantitative estimate of drug-likeness (QED) is 0.656. The molecule has 1 aromatic heterocycles. The molecule has 0 N–H and O–H groups in total. The summed E-state index contributed by atoms with van der Waals surface area (Å²) in [5.41, 5.74) is -0.282. The number of rotatable bonds is 3. The molecule has 0 saturated heterocycles. The molecule has 0 radical (unpaired) electrons. The van der Waals surface area contributed by atoms with Crippen LogP contribution in [-0.2, 0) is 16.2 Å². The first kappa shape index (κ1) is 17.2. The molecule has 0 atom stereocenters. The minimum Gasteiger partial charge on any atom is -0.236 e. The Hall–Kier alpha value is -2.68. The van der Waals surface area contributed by atoms with Gasteiger partial charge in [-0.05, 0) is 36.4 Å². The van der Waals surface area contributed by atoms with E-state index in [1.165, 1.54) is 18.3 Å². The van der Waals surface area contributed by atoms with Gasteiger partial charge in [0.1, 0.15) is 12.1 Å². The van der Waals surface area contributed by atoms with E-state index in [2.05, 4.69) is 4.98 Å². The molecule has 0 bridgehead atoms. The van der Waals surface area contributed by atoms with E-state index in [1.54, 1.807) is 0 Å². The molecule has 0 aliphatic carbocycles. The summed E-state index contributed by atoms with van der Waals surface area (Å²) >= 11 is 0. The molecule has 0 spiro atoms. The summed E-state index contributed by atoms with van der Waals surface area (Å²) in [6, 6.07) is 8.46. The Labute approximate surface area is 140 Å². The molecule has 0 aliphatic rings. The van der Waals surface area contributed by atoms with Crippen LogP contribution in [0, 0.1) is 5.82 Å². The lowest BCUT2D eigenvalue weighted by Gasteiger charge is -2.06. The van der Waals surface area contributed by atoms with Crippen LogP contribution in [0.3, 0.4) is 0 Å². The minimum atomic E-state index is -4.45. The van der Waals surface area contributed by atoms with Gasteiger partial charge in [-0.25, -0.2) is 21.8 Å². The molecular formula is C16H10F4N2O2S. The van der Waals surface area contributed by atoms with E-state index in [9.17, 15) is 26.0 Å². The molecule has 3 aromatic rings. The fourth-order valence-corrected chi connectivity index (χ4v) is 3.28. The van der Waals surface area contributed by atoms with Gasteiger partial charge in [-0.1, -0.05) is 12.1 Å². The molecule has 0 saturated carbocycles. The van der Waals surface area contributed by atoms with Gasteiger partial charge in [0.2, 0.25) is 0 Å². The van der Waals surface area contributed by atoms with Crippen molar-refractivity contribution in [2.24, 2.45) is 0 Å². The average molecular weight is 370 g/mol. The van der Waals surface area contributed by atoms with Crippen molar-refractivity contribution in [1.82, 2.24) is 8.96 Å². The smallest absolute Gasteiger partial charge is 0.236 e. The fourth-order valence-electron chi connectivity index (χ4n) is 2.15. The first-order chi connectivity index (χ1) is 11.7. The number of benzene rings is 2.